The number of rotatable bonds is 7. The third kappa shape index (κ3) is 5.31. The molecule has 0 unspecified atom stereocenters. The molecule has 2 amide bonds. The highest BCUT2D eigenvalue weighted by Crippen LogP contribution is 2.24. The molecule has 1 saturated heterocycles. The van der Waals surface area contributed by atoms with Crippen LogP contribution < -0.4 is 10.6 Å². The fourth-order valence-corrected chi connectivity index (χ4v) is 4.49. The molecule has 2 atom stereocenters. The van der Waals surface area contributed by atoms with Gasteiger partial charge < -0.3 is 24.8 Å². The lowest BCUT2D eigenvalue weighted by atomic mass is 10.1. The number of ether oxygens (including phenoxy) is 1. The first-order valence-electron chi connectivity index (χ1n) is 11.2. The topological polar surface area (TPSA) is 92.7 Å². The van der Waals surface area contributed by atoms with Gasteiger partial charge in [0.15, 0.2) is 12.0 Å². The normalized spacial score (nSPS) is 17.5. The number of carbonyl (C=O) groups is 3. The van der Waals surface area contributed by atoms with Crippen molar-refractivity contribution in [3.8, 4) is 0 Å². The fourth-order valence-electron chi connectivity index (χ4n) is 4.30. The second kappa shape index (κ2) is 10.5. The highest BCUT2D eigenvalue weighted by molar-refractivity contribution is 6.30. The fraction of sp³-hybridized carbons (Fsp3) is 0.320. The van der Waals surface area contributed by atoms with E-state index < -0.39 is 18.1 Å². The maximum atomic E-state index is 14.1. The van der Waals surface area contributed by atoms with Gasteiger partial charge in [-0.3, -0.25) is 9.59 Å². The Morgan fingerprint density at radius 1 is 1.17 bits per heavy atom. The van der Waals surface area contributed by atoms with E-state index in [1.165, 1.54) is 24.0 Å². The number of para-hydroxylation sites is 1. The third-order valence-electron chi connectivity index (χ3n) is 6.15. The Balaban J connectivity index is 1.46. The first-order valence-corrected chi connectivity index (χ1v) is 11.6. The van der Waals surface area contributed by atoms with Crippen molar-refractivity contribution in [3.63, 3.8) is 0 Å². The molecule has 184 valence electrons. The molecule has 4 rings (SSSR count). The summed E-state index contributed by atoms with van der Waals surface area (Å²) in [7, 11) is 1.77. The van der Waals surface area contributed by atoms with Gasteiger partial charge in [0.25, 0.3) is 0 Å². The summed E-state index contributed by atoms with van der Waals surface area (Å²) in [5.74, 6) is -0.943. The molecule has 3 aromatic rings. The van der Waals surface area contributed by atoms with Gasteiger partial charge in [-0.15, -0.1) is 0 Å². The van der Waals surface area contributed by atoms with E-state index in [4.69, 9.17) is 16.3 Å². The summed E-state index contributed by atoms with van der Waals surface area (Å²) >= 11 is 5.78. The molecule has 10 heteroatoms. The smallest absolute Gasteiger partial charge is 0.409 e. The largest absolute Gasteiger partial charge is 0.425 e. The molecule has 1 aromatic heterocycles. The summed E-state index contributed by atoms with van der Waals surface area (Å²) in [6, 6.07) is 11.9. The number of carbonyl (C=O) groups excluding carboxylic acids is 3. The van der Waals surface area contributed by atoms with Gasteiger partial charge in [-0.25, -0.2) is 9.18 Å². The van der Waals surface area contributed by atoms with Crippen LogP contribution >= 0.6 is 11.6 Å². The van der Waals surface area contributed by atoms with Gasteiger partial charge in [-0.1, -0.05) is 41.9 Å². The number of halogens is 2. The number of nitrogens with zero attached hydrogens (tertiary/aromatic N) is 2. The van der Waals surface area contributed by atoms with Crippen LogP contribution in [0, 0.1) is 5.82 Å². The van der Waals surface area contributed by atoms with Crippen molar-refractivity contribution >= 4 is 40.3 Å². The van der Waals surface area contributed by atoms with E-state index in [0.29, 0.717) is 18.5 Å². The summed E-state index contributed by atoms with van der Waals surface area (Å²) in [4.78, 5) is 39.3. The van der Waals surface area contributed by atoms with Crippen molar-refractivity contribution in [2.24, 2.45) is 0 Å². The first-order chi connectivity index (χ1) is 16.8. The first kappa shape index (κ1) is 24.7. The van der Waals surface area contributed by atoms with Crippen molar-refractivity contribution < 1.29 is 23.5 Å². The highest BCUT2D eigenvalue weighted by Gasteiger charge is 2.37. The van der Waals surface area contributed by atoms with Crippen LogP contribution in [0.1, 0.15) is 29.3 Å². The van der Waals surface area contributed by atoms with Crippen molar-refractivity contribution in [1.82, 2.24) is 20.1 Å². The Morgan fingerprint density at radius 3 is 2.69 bits per heavy atom. The summed E-state index contributed by atoms with van der Waals surface area (Å²) in [5, 5.41) is 6.38. The second-order valence-electron chi connectivity index (χ2n) is 8.44. The number of fused-ring (bicyclic) bond motifs is 1. The average molecular weight is 501 g/mol. The van der Waals surface area contributed by atoms with Gasteiger partial charge in [0.05, 0.1) is 5.02 Å². The van der Waals surface area contributed by atoms with Crippen molar-refractivity contribution in [1.29, 1.82) is 0 Å². The van der Waals surface area contributed by atoms with Crippen LogP contribution in [-0.2, 0) is 22.6 Å². The summed E-state index contributed by atoms with van der Waals surface area (Å²) in [6.07, 6.45) is 0.526. The van der Waals surface area contributed by atoms with Gasteiger partial charge in [0, 0.05) is 53.8 Å². The molecule has 1 fully saturated rings. The number of aromatic nitrogens is 1. The number of ketones is 1. The van der Waals surface area contributed by atoms with Crippen LogP contribution in [-0.4, -0.2) is 53.1 Å². The second-order valence-corrected chi connectivity index (χ2v) is 8.85. The molecule has 0 radical (unpaired) electrons. The number of amides is 2. The van der Waals surface area contributed by atoms with E-state index in [9.17, 15) is 18.8 Å². The molecule has 1 aliphatic rings. The van der Waals surface area contributed by atoms with Crippen molar-refractivity contribution in [2.45, 2.75) is 38.7 Å². The number of nitrogens with one attached hydrogen (secondary N) is 2. The molecule has 0 aliphatic carbocycles. The Kier molecular flexibility index (Phi) is 7.37. The molecule has 0 saturated carbocycles. The molecule has 8 nitrogen and oxygen atoms in total. The van der Waals surface area contributed by atoms with E-state index in [2.05, 4.69) is 10.6 Å². The SMILES string of the molecule is CN[C@H]1C[C@H](OC(=O)NCc2cccc(Cl)c2F)N(C(=O)Cn2cc(C(C)=O)c3ccccc32)C1. The van der Waals surface area contributed by atoms with Crippen LogP contribution in [0.15, 0.2) is 48.7 Å². The zero-order chi connectivity index (χ0) is 25.1. The number of alkyl carbamates (subject to hydrolysis) is 1. The Hall–Kier alpha value is -3.43. The molecule has 2 N–H and O–H groups in total. The molecule has 2 heterocycles. The van der Waals surface area contributed by atoms with Gasteiger partial charge in [0.1, 0.15) is 12.4 Å². The standard InChI is InChI=1S/C25H26ClFN4O4/c1-15(32)19-13-30(21-9-4-3-7-18(19)21)14-22(33)31-12-17(28-2)10-23(31)35-25(34)29-11-16-6-5-8-20(26)24(16)27/h3-9,13,17,23,28H,10-12,14H2,1-2H3,(H,29,34)/t17-,23-/m0/s1. The third-order valence-corrected chi connectivity index (χ3v) is 6.44. The van der Waals surface area contributed by atoms with Crippen LogP contribution in [0.3, 0.4) is 0 Å². The lowest BCUT2D eigenvalue weighted by molar-refractivity contribution is -0.138. The van der Waals surface area contributed by atoms with E-state index in [-0.39, 0.29) is 41.4 Å². The predicted octanol–water partition coefficient (Wildman–Crippen LogP) is 3.71. The number of likely N-dealkylation sites (tertiary alicyclic amines) is 1. The summed E-state index contributed by atoms with van der Waals surface area (Å²) in [6.45, 7) is 1.72. The van der Waals surface area contributed by atoms with E-state index >= 15 is 0 Å². The van der Waals surface area contributed by atoms with Gasteiger partial charge in [0.2, 0.25) is 5.91 Å². The zero-order valence-corrected chi connectivity index (χ0v) is 20.1. The van der Waals surface area contributed by atoms with E-state index in [0.717, 1.165) is 10.9 Å². The van der Waals surface area contributed by atoms with Crippen LogP contribution in [0.4, 0.5) is 9.18 Å². The van der Waals surface area contributed by atoms with E-state index in [1.807, 2.05) is 24.3 Å². The van der Waals surface area contributed by atoms with Gasteiger partial charge in [-0.2, -0.15) is 0 Å². The predicted molar refractivity (Wildman–Crippen MR) is 130 cm³/mol. The minimum absolute atomic E-state index is 0.0145. The van der Waals surface area contributed by atoms with Crippen molar-refractivity contribution in [2.75, 3.05) is 13.6 Å². The molecular weight excluding hydrogens is 475 g/mol. The Morgan fingerprint density at radius 2 is 1.94 bits per heavy atom. The molecule has 2 aromatic carbocycles. The van der Waals surface area contributed by atoms with Crippen molar-refractivity contribution in [3.05, 3.63) is 70.6 Å². The summed E-state index contributed by atoms with van der Waals surface area (Å²) in [5.41, 5.74) is 1.54. The minimum Gasteiger partial charge on any atom is -0.425 e. The van der Waals surface area contributed by atoms with Gasteiger partial charge in [-0.05, 0) is 26.1 Å². The maximum Gasteiger partial charge on any atom is 0.409 e. The lowest BCUT2D eigenvalue weighted by Gasteiger charge is -2.25. The lowest BCUT2D eigenvalue weighted by Crippen LogP contribution is -2.42. The Bertz CT molecular complexity index is 1280. The zero-order valence-electron chi connectivity index (χ0n) is 19.4. The maximum absolute atomic E-state index is 14.1. The number of hydrogen-bond acceptors (Lipinski definition) is 5. The molecule has 35 heavy (non-hydrogen) atoms. The van der Waals surface area contributed by atoms with Crippen LogP contribution in [0.5, 0.6) is 0 Å². The van der Waals surface area contributed by atoms with E-state index in [1.54, 1.807) is 23.9 Å². The number of benzene rings is 2. The number of likely N-dealkylation sites (N-methyl/N-ethyl adjacent to an activating group) is 1. The molecule has 0 bridgehead atoms. The van der Waals surface area contributed by atoms with Gasteiger partial charge >= 0.3 is 6.09 Å². The monoisotopic (exact) mass is 500 g/mol. The molecular formula is C25H26ClFN4O4. The van der Waals surface area contributed by atoms with Crippen LogP contribution in [0.25, 0.3) is 10.9 Å². The highest BCUT2D eigenvalue weighted by atomic mass is 35.5. The summed E-state index contributed by atoms with van der Waals surface area (Å²) < 4.78 is 21.4. The quantitative estimate of drug-likeness (QED) is 0.482. The minimum atomic E-state index is -0.793. The van der Waals surface area contributed by atoms with Crippen LogP contribution in [0.2, 0.25) is 5.02 Å². The average Bonchev–Trinajstić information content (AvgIpc) is 3.41. The molecule has 1 aliphatic heterocycles. The molecule has 0 spiro atoms. The number of hydrogen-bond donors (Lipinski definition) is 2. The number of Topliss-reactive ketones (excluding diaryl/α,β-unsaturated/α-hetero) is 1. The Labute approximate surface area is 207 Å².